The summed E-state index contributed by atoms with van der Waals surface area (Å²) in [4.78, 5) is 28.9. The van der Waals surface area contributed by atoms with Crippen LogP contribution in [0.4, 0.5) is 5.69 Å². The van der Waals surface area contributed by atoms with Gasteiger partial charge in [-0.2, -0.15) is 10.1 Å². The Kier molecular flexibility index (Phi) is 6.20. The number of nitrogens with zero attached hydrogens (tertiary/aromatic N) is 3. The zero-order valence-corrected chi connectivity index (χ0v) is 16.6. The molecule has 1 saturated heterocycles. The summed E-state index contributed by atoms with van der Waals surface area (Å²) in [5, 5.41) is 5.80. The monoisotopic (exact) mass is 443 g/mol. The minimum atomic E-state index is -0.609. The molecule has 0 bridgehead atoms. The quantitative estimate of drug-likeness (QED) is 0.405. The van der Waals surface area contributed by atoms with Crippen molar-refractivity contribution >= 4 is 56.6 Å². The van der Waals surface area contributed by atoms with Crippen LogP contribution >= 0.6 is 27.7 Å². The molecule has 2 aromatic rings. The highest BCUT2D eigenvalue weighted by Crippen LogP contribution is 2.33. The Morgan fingerprint density at radius 1 is 1.19 bits per heavy atom. The molecule has 1 fully saturated rings. The van der Waals surface area contributed by atoms with Crippen LogP contribution < -0.4 is 0 Å². The highest BCUT2D eigenvalue weighted by atomic mass is 79.9. The third kappa shape index (κ3) is 4.93. The first-order valence-corrected chi connectivity index (χ1v) is 9.43. The topological polar surface area (TPSA) is 71.3 Å². The third-order valence-electron chi connectivity index (χ3n) is 3.39. The lowest BCUT2D eigenvalue weighted by Crippen LogP contribution is -2.23. The van der Waals surface area contributed by atoms with E-state index in [0.717, 1.165) is 27.9 Å². The number of methoxy groups -OCH3 is 1. The van der Waals surface area contributed by atoms with Crippen LogP contribution in [0.2, 0.25) is 0 Å². The molecule has 0 aromatic heterocycles. The number of ether oxygens (including phenoxy) is 1. The van der Waals surface area contributed by atoms with Crippen LogP contribution in [0.1, 0.15) is 5.56 Å². The zero-order chi connectivity index (χ0) is 19.2. The van der Waals surface area contributed by atoms with Crippen molar-refractivity contribution in [3.8, 4) is 0 Å². The first-order valence-electron chi connectivity index (χ1n) is 7.82. The van der Waals surface area contributed by atoms with Crippen molar-refractivity contribution in [2.24, 2.45) is 10.1 Å². The molecule has 136 valence electrons. The smallest absolute Gasteiger partial charge is 0.331 e. The normalized spacial score (nSPS) is 17.3. The van der Waals surface area contributed by atoms with Gasteiger partial charge in [-0.05, 0) is 41.6 Å². The predicted octanol–water partition coefficient (Wildman–Crippen LogP) is 4.10. The lowest BCUT2D eigenvalue weighted by Gasteiger charge is -2.08. The number of thioether (sulfide) groups is 1. The van der Waals surface area contributed by atoms with Gasteiger partial charge in [0.25, 0.3) is 5.91 Å². The van der Waals surface area contributed by atoms with Crippen molar-refractivity contribution in [1.29, 1.82) is 0 Å². The maximum absolute atomic E-state index is 12.7. The number of hydrazone groups is 1. The fourth-order valence-electron chi connectivity index (χ4n) is 2.13. The Labute approximate surface area is 168 Å². The molecule has 2 aromatic carbocycles. The standard InChI is InChI=1S/C19H14BrN3O3S/c1-26-17(24)11-16-18(25)23(21-12-13-6-5-7-14(20)10-13)19(27-16)22-15-8-3-2-4-9-15/h2-12H,1H3/b16-11?,21-12+,22-19?. The minimum absolute atomic E-state index is 0.197. The van der Waals surface area contributed by atoms with Crippen molar-refractivity contribution in [1.82, 2.24) is 5.01 Å². The van der Waals surface area contributed by atoms with Gasteiger partial charge >= 0.3 is 5.97 Å². The zero-order valence-electron chi connectivity index (χ0n) is 14.2. The van der Waals surface area contributed by atoms with Crippen molar-refractivity contribution < 1.29 is 14.3 Å². The van der Waals surface area contributed by atoms with Gasteiger partial charge in [0.15, 0.2) is 5.17 Å². The molecule has 0 atom stereocenters. The number of halogens is 1. The first kappa shape index (κ1) is 19.1. The minimum Gasteiger partial charge on any atom is -0.466 e. The van der Waals surface area contributed by atoms with Crippen LogP contribution in [0.5, 0.6) is 0 Å². The van der Waals surface area contributed by atoms with Crippen molar-refractivity contribution in [3.05, 3.63) is 75.6 Å². The number of esters is 1. The average molecular weight is 444 g/mol. The second-order valence-corrected chi connectivity index (χ2v) is 7.21. The van der Waals surface area contributed by atoms with Gasteiger partial charge in [-0.1, -0.05) is 46.3 Å². The van der Waals surface area contributed by atoms with Crippen molar-refractivity contribution in [2.75, 3.05) is 7.11 Å². The van der Waals surface area contributed by atoms with E-state index in [1.807, 2.05) is 54.6 Å². The number of amides is 1. The number of carbonyl (C=O) groups excluding carboxylic acids is 2. The molecule has 1 aliphatic rings. The van der Waals surface area contributed by atoms with Gasteiger partial charge in [-0.3, -0.25) is 4.79 Å². The molecule has 1 heterocycles. The Morgan fingerprint density at radius 3 is 2.67 bits per heavy atom. The highest BCUT2D eigenvalue weighted by molar-refractivity contribution is 9.10. The molecule has 8 heteroatoms. The SMILES string of the molecule is COC(=O)C=C1SC(=Nc2ccccc2)N(/N=C/c2cccc(Br)c2)C1=O. The fourth-order valence-corrected chi connectivity index (χ4v) is 3.44. The Morgan fingerprint density at radius 2 is 1.96 bits per heavy atom. The number of hydrogen-bond donors (Lipinski definition) is 0. The van der Waals surface area contributed by atoms with Gasteiger partial charge in [0, 0.05) is 10.5 Å². The van der Waals surface area contributed by atoms with Gasteiger partial charge in [0.2, 0.25) is 0 Å². The number of benzene rings is 2. The molecule has 1 aliphatic heterocycles. The van der Waals surface area contributed by atoms with E-state index in [0.29, 0.717) is 10.9 Å². The van der Waals surface area contributed by atoms with Gasteiger partial charge in [0.1, 0.15) is 0 Å². The number of para-hydroxylation sites is 1. The Balaban J connectivity index is 1.95. The molecule has 0 aliphatic carbocycles. The number of rotatable bonds is 4. The van der Waals surface area contributed by atoms with Crippen molar-refractivity contribution in [3.63, 3.8) is 0 Å². The average Bonchev–Trinajstić information content (AvgIpc) is 2.95. The molecule has 27 heavy (non-hydrogen) atoms. The molecule has 0 unspecified atom stereocenters. The summed E-state index contributed by atoms with van der Waals surface area (Å²) in [6, 6.07) is 16.7. The third-order valence-corrected chi connectivity index (χ3v) is 4.84. The second kappa shape index (κ2) is 8.79. The molecular weight excluding hydrogens is 430 g/mol. The lowest BCUT2D eigenvalue weighted by molar-refractivity contribution is -0.135. The largest absolute Gasteiger partial charge is 0.466 e. The van der Waals surface area contributed by atoms with Crippen LogP contribution in [0, 0.1) is 0 Å². The van der Waals surface area contributed by atoms with E-state index in [4.69, 9.17) is 0 Å². The maximum Gasteiger partial charge on any atom is 0.331 e. The van der Waals surface area contributed by atoms with E-state index in [-0.39, 0.29) is 4.91 Å². The second-order valence-electron chi connectivity index (χ2n) is 5.28. The van der Waals surface area contributed by atoms with Crippen LogP contribution in [0.15, 0.2) is 80.1 Å². The van der Waals surface area contributed by atoms with Crippen LogP contribution in [-0.4, -0.2) is 35.4 Å². The van der Waals surface area contributed by atoms with Crippen LogP contribution in [0.25, 0.3) is 0 Å². The molecule has 0 spiro atoms. The summed E-state index contributed by atoms with van der Waals surface area (Å²) < 4.78 is 5.51. The molecule has 0 saturated carbocycles. The van der Waals surface area contributed by atoms with E-state index < -0.39 is 11.9 Å². The molecule has 3 rings (SSSR count). The van der Waals surface area contributed by atoms with E-state index >= 15 is 0 Å². The Hall–Kier alpha value is -2.71. The Bertz CT molecular complexity index is 958. The van der Waals surface area contributed by atoms with Gasteiger partial charge < -0.3 is 4.74 Å². The maximum atomic E-state index is 12.7. The van der Waals surface area contributed by atoms with Gasteiger partial charge in [-0.15, -0.1) is 0 Å². The summed E-state index contributed by atoms with van der Waals surface area (Å²) in [7, 11) is 1.26. The molecule has 1 amide bonds. The van der Waals surface area contributed by atoms with E-state index in [1.54, 1.807) is 6.21 Å². The summed E-state index contributed by atoms with van der Waals surface area (Å²) in [5.41, 5.74) is 1.49. The summed E-state index contributed by atoms with van der Waals surface area (Å²) in [6.07, 6.45) is 2.70. The molecule has 6 nitrogen and oxygen atoms in total. The van der Waals surface area contributed by atoms with Gasteiger partial charge in [-0.25, -0.2) is 9.79 Å². The summed E-state index contributed by atoms with van der Waals surface area (Å²) >= 11 is 4.47. The van der Waals surface area contributed by atoms with Crippen molar-refractivity contribution in [2.45, 2.75) is 0 Å². The summed E-state index contributed by atoms with van der Waals surface area (Å²) in [5.74, 6) is -1.05. The fraction of sp³-hybridized carbons (Fsp3) is 0.0526. The molecular formula is C19H14BrN3O3S. The lowest BCUT2D eigenvalue weighted by atomic mass is 10.2. The van der Waals surface area contributed by atoms with E-state index in [9.17, 15) is 9.59 Å². The number of amidine groups is 1. The first-order chi connectivity index (χ1) is 13.1. The number of aliphatic imine (C=N–C) groups is 1. The number of carbonyl (C=O) groups is 2. The van der Waals surface area contributed by atoms with E-state index in [2.05, 4.69) is 30.8 Å². The van der Waals surface area contributed by atoms with Crippen LogP contribution in [-0.2, 0) is 14.3 Å². The summed E-state index contributed by atoms with van der Waals surface area (Å²) in [6.45, 7) is 0. The van der Waals surface area contributed by atoms with Crippen LogP contribution in [0.3, 0.4) is 0 Å². The molecule has 0 radical (unpaired) electrons. The highest BCUT2D eigenvalue weighted by Gasteiger charge is 2.34. The van der Waals surface area contributed by atoms with Gasteiger partial charge in [0.05, 0.1) is 23.9 Å². The van der Waals surface area contributed by atoms with E-state index in [1.165, 1.54) is 12.1 Å². The predicted molar refractivity (Wildman–Crippen MR) is 110 cm³/mol. The molecule has 0 N–H and O–H groups in total. The number of hydrogen-bond acceptors (Lipinski definition) is 6.